The molecule has 11 heteroatoms. The van der Waals surface area contributed by atoms with Crippen molar-refractivity contribution >= 4 is 34.1 Å². The van der Waals surface area contributed by atoms with Gasteiger partial charge in [-0.2, -0.15) is 0 Å². The molecule has 0 bridgehead atoms. The first-order chi connectivity index (χ1) is 16.4. The summed E-state index contributed by atoms with van der Waals surface area (Å²) >= 11 is 0. The Kier molecular flexibility index (Phi) is 7.24. The minimum atomic E-state index is -2.81. The molecule has 5 atom stereocenters. The first-order valence-electron chi connectivity index (χ1n) is 13.0. The highest BCUT2D eigenvalue weighted by Gasteiger charge is 2.62. The molecule has 2 aromatic heterocycles. The number of nitrogens with two attached hydrogens (primary N) is 1. The molecular weight excluding hydrogens is 478 g/mol. The predicted octanol–water partition coefficient (Wildman–Crippen LogP) is 4.53. The quantitative estimate of drug-likeness (QED) is 0.551. The molecule has 1 saturated carbocycles. The maximum Gasteiger partial charge on any atom is 0.335 e. The van der Waals surface area contributed by atoms with E-state index in [-0.39, 0.29) is 40.0 Å². The Morgan fingerprint density at radius 2 is 1.57 bits per heavy atom. The van der Waals surface area contributed by atoms with Crippen LogP contribution in [0.2, 0.25) is 22.2 Å². The van der Waals surface area contributed by atoms with Gasteiger partial charge in [-0.25, -0.2) is 15.0 Å². The van der Waals surface area contributed by atoms with Crippen LogP contribution in [0.1, 0.15) is 68.4 Å². The highest BCUT2D eigenvalue weighted by atomic mass is 28.5. The molecule has 1 aliphatic carbocycles. The number of hydrogen-bond donors (Lipinski definition) is 2. The minimum absolute atomic E-state index is 0.0179. The number of rotatable bonds is 5. The normalized spacial score (nSPS) is 30.9. The smallest absolute Gasteiger partial charge is 0.335 e. The SMILES string of the molecule is CC(C)[Si]1(C(C)C)OC[C@@H]2C(O[Si](C(C)C)(C(C)C)O1)[C@H](O)[C@H](n1cnc3c(N)ncnc31)[C@H]2C. The number of imidazole rings is 1. The zero-order chi connectivity index (χ0) is 25.9. The van der Waals surface area contributed by atoms with E-state index in [1.54, 1.807) is 6.33 Å². The number of nitrogen functional groups attached to an aromatic ring is 1. The number of aromatic nitrogens is 4. The summed E-state index contributed by atoms with van der Waals surface area (Å²) in [5, 5.41) is 11.8. The van der Waals surface area contributed by atoms with Gasteiger partial charge in [0.2, 0.25) is 0 Å². The van der Waals surface area contributed by atoms with Crippen LogP contribution in [0.15, 0.2) is 12.7 Å². The van der Waals surface area contributed by atoms with E-state index >= 15 is 0 Å². The molecule has 1 saturated heterocycles. The summed E-state index contributed by atoms with van der Waals surface area (Å²) in [5.74, 6) is 0.423. The number of fused-ring (bicyclic) bond motifs is 2. The van der Waals surface area contributed by atoms with Crippen LogP contribution in [0.25, 0.3) is 11.2 Å². The third kappa shape index (κ3) is 4.08. The summed E-state index contributed by atoms with van der Waals surface area (Å²) in [6.07, 6.45) is 2.01. The second kappa shape index (κ2) is 9.49. The molecule has 1 aliphatic heterocycles. The van der Waals surface area contributed by atoms with Crippen LogP contribution in [-0.2, 0) is 13.0 Å². The second-order valence-electron chi connectivity index (χ2n) is 11.6. The van der Waals surface area contributed by atoms with Crippen molar-refractivity contribution in [1.82, 2.24) is 19.5 Å². The molecule has 9 nitrogen and oxygen atoms in total. The van der Waals surface area contributed by atoms with Crippen molar-refractivity contribution in [3.05, 3.63) is 12.7 Å². The van der Waals surface area contributed by atoms with Gasteiger partial charge in [0.15, 0.2) is 11.5 Å². The van der Waals surface area contributed by atoms with Gasteiger partial charge in [-0.1, -0.05) is 62.3 Å². The van der Waals surface area contributed by atoms with Gasteiger partial charge in [-0.3, -0.25) is 0 Å². The van der Waals surface area contributed by atoms with Gasteiger partial charge in [-0.15, -0.1) is 0 Å². The van der Waals surface area contributed by atoms with Gasteiger partial charge < -0.3 is 28.4 Å². The van der Waals surface area contributed by atoms with E-state index in [4.69, 9.17) is 18.7 Å². The molecule has 196 valence electrons. The fraction of sp³-hybridized carbons (Fsp3) is 0.792. The Balaban J connectivity index is 1.82. The number of aliphatic hydroxyl groups excluding tert-OH is 1. The van der Waals surface area contributed by atoms with E-state index in [9.17, 15) is 5.11 Å². The van der Waals surface area contributed by atoms with Crippen molar-refractivity contribution in [3.63, 3.8) is 0 Å². The van der Waals surface area contributed by atoms with Crippen LogP contribution in [0.5, 0.6) is 0 Å². The fourth-order valence-corrected chi connectivity index (χ4v) is 17.6. The molecule has 2 aliphatic rings. The fourth-order valence-electron chi connectivity index (χ4n) is 6.37. The molecule has 2 fully saturated rings. The molecule has 0 spiro atoms. The van der Waals surface area contributed by atoms with E-state index in [1.165, 1.54) is 6.33 Å². The first-order valence-corrected chi connectivity index (χ1v) is 16.9. The van der Waals surface area contributed by atoms with E-state index < -0.39 is 29.3 Å². The Bertz CT molecular complexity index is 1030. The summed E-state index contributed by atoms with van der Waals surface area (Å²) in [5.41, 5.74) is 8.19. The van der Waals surface area contributed by atoms with Crippen molar-refractivity contribution < 1.29 is 18.1 Å². The van der Waals surface area contributed by atoms with Gasteiger partial charge in [0.1, 0.15) is 17.9 Å². The summed E-state index contributed by atoms with van der Waals surface area (Å²) in [6, 6.07) is -0.272. The zero-order valence-corrected chi connectivity index (χ0v) is 24.6. The van der Waals surface area contributed by atoms with Gasteiger partial charge >= 0.3 is 17.1 Å². The predicted molar refractivity (Wildman–Crippen MR) is 141 cm³/mol. The van der Waals surface area contributed by atoms with Crippen molar-refractivity contribution in [2.45, 2.75) is 103 Å². The largest absolute Gasteiger partial charge is 0.414 e. The first kappa shape index (κ1) is 26.7. The van der Waals surface area contributed by atoms with E-state index in [2.05, 4.69) is 77.3 Å². The van der Waals surface area contributed by atoms with Gasteiger partial charge in [0.25, 0.3) is 0 Å². The lowest BCUT2D eigenvalue weighted by Crippen LogP contribution is -2.65. The maximum absolute atomic E-state index is 11.8. The van der Waals surface area contributed by atoms with Crippen LogP contribution < -0.4 is 5.73 Å². The lowest BCUT2D eigenvalue weighted by Gasteiger charge is -2.52. The van der Waals surface area contributed by atoms with E-state index in [1.807, 2.05) is 4.57 Å². The summed E-state index contributed by atoms with van der Waals surface area (Å²) in [6.45, 7) is 20.4. The van der Waals surface area contributed by atoms with Gasteiger partial charge in [-0.05, 0) is 28.1 Å². The van der Waals surface area contributed by atoms with Gasteiger partial charge in [0, 0.05) is 12.5 Å². The molecule has 0 aromatic carbocycles. The molecular formula is C24H43N5O4Si2. The van der Waals surface area contributed by atoms with Crippen LogP contribution in [0.3, 0.4) is 0 Å². The Labute approximate surface area is 211 Å². The number of aliphatic hydroxyl groups is 1. The lowest BCUT2D eigenvalue weighted by atomic mass is 9.95. The van der Waals surface area contributed by atoms with Crippen LogP contribution in [-0.4, -0.2) is 60.6 Å². The van der Waals surface area contributed by atoms with Crippen LogP contribution in [0.4, 0.5) is 5.82 Å². The summed E-state index contributed by atoms with van der Waals surface area (Å²) in [7, 11) is -5.44. The van der Waals surface area contributed by atoms with Crippen molar-refractivity contribution in [2.75, 3.05) is 12.3 Å². The van der Waals surface area contributed by atoms with Gasteiger partial charge in [0.05, 0.1) is 18.5 Å². The number of hydrogen-bond acceptors (Lipinski definition) is 8. The van der Waals surface area contributed by atoms with Crippen LogP contribution in [0, 0.1) is 11.8 Å². The molecule has 0 amide bonds. The van der Waals surface area contributed by atoms with Crippen molar-refractivity contribution in [2.24, 2.45) is 11.8 Å². The standard InChI is InChI=1S/C24H43N5O4Si2/c1-13(2)34(14(3)4)31-10-18-17(9)20(29-12-28-19-23(25)26-11-27-24(19)29)21(30)22(18)32-35(33-34,15(5)6)16(7)8/h11-18,20-22,30H,10H2,1-9H3,(H2,25,26,27)/t17-,18-,20+,21+,22?/m0/s1. The number of anilines is 1. The Hall–Kier alpha value is -1.38. The number of nitrogens with zero attached hydrogens (tertiary/aromatic N) is 4. The minimum Gasteiger partial charge on any atom is -0.414 e. The molecule has 4 rings (SSSR count). The molecule has 2 aromatic rings. The highest BCUT2D eigenvalue weighted by Crippen LogP contribution is 2.52. The second-order valence-corrected chi connectivity index (χ2v) is 20.5. The van der Waals surface area contributed by atoms with E-state index in [0.717, 1.165) is 0 Å². The van der Waals surface area contributed by atoms with Crippen molar-refractivity contribution in [1.29, 1.82) is 0 Å². The topological polar surface area (TPSA) is 118 Å². The zero-order valence-electron chi connectivity index (χ0n) is 22.6. The van der Waals surface area contributed by atoms with Crippen molar-refractivity contribution in [3.8, 4) is 0 Å². The lowest BCUT2D eigenvalue weighted by molar-refractivity contribution is -0.0255. The average molecular weight is 522 g/mol. The molecule has 1 unspecified atom stereocenters. The molecule has 3 heterocycles. The summed E-state index contributed by atoms with van der Waals surface area (Å²) in [4.78, 5) is 13.0. The maximum atomic E-state index is 11.8. The Morgan fingerprint density at radius 3 is 2.14 bits per heavy atom. The third-order valence-electron chi connectivity index (χ3n) is 8.39. The van der Waals surface area contributed by atoms with E-state index in [0.29, 0.717) is 23.6 Å². The molecule has 3 N–H and O–H groups in total. The Morgan fingerprint density at radius 1 is 0.971 bits per heavy atom. The average Bonchev–Trinajstić information content (AvgIpc) is 3.27. The summed E-state index contributed by atoms with van der Waals surface area (Å²) < 4.78 is 23.3. The third-order valence-corrected chi connectivity index (χ3v) is 18.6. The molecule has 0 radical (unpaired) electrons. The highest BCUT2D eigenvalue weighted by molar-refractivity contribution is 6.83. The van der Waals surface area contributed by atoms with Crippen LogP contribution >= 0.6 is 0 Å². The monoisotopic (exact) mass is 521 g/mol. The molecule has 35 heavy (non-hydrogen) atoms.